The number of morpholine rings is 1. The van der Waals surface area contributed by atoms with Crippen LogP contribution in [0, 0.1) is 10.1 Å². The van der Waals surface area contributed by atoms with Crippen LogP contribution in [-0.2, 0) is 22.6 Å². The van der Waals surface area contributed by atoms with Gasteiger partial charge in [-0.1, -0.05) is 36.4 Å². The van der Waals surface area contributed by atoms with E-state index in [2.05, 4.69) is 29.3 Å². The van der Waals surface area contributed by atoms with E-state index in [4.69, 9.17) is 4.74 Å². The van der Waals surface area contributed by atoms with Crippen molar-refractivity contribution in [3.8, 4) is 0 Å². The number of nitrogens with zero attached hydrogens (tertiary/aromatic N) is 2. The standard InChI is InChI=1S/C22H25N3O4/c1-17-15-24(11-12-29-17)16-19-6-4-5-18(13-19)14-23-22(26)10-9-20-7-2-3-8-21(20)25(27)28/h2-10,13,17H,11-12,14-16H2,1H3,(H,23,26)/b10-9+. The highest BCUT2D eigenvalue weighted by molar-refractivity contribution is 5.92. The van der Waals surface area contributed by atoms with Gasteiger partial charge in [0.25, 0.3) is 5.69 Å². The number of carbonyl (C=O) groups is 1. The second-order valence-corrected chi connectivity index (χ2v) is 7.10. The van der Waals surface area contributed by atoms with Gasteiger partial charge in [-0.25, -0.2) is 0 Å². The van der Waals surface area contributed by atoms with Crippen molar-refractivity contribution in [2.45, 2.75) is 26.1 Å². The van der Waals surface area contributed by atoms with Crippen LogP contribution < -0.4 is 5.32 Å². The van der Waals surface area contributed by atoms with E-state index in [0.717, 1.165) is 31.8 Å². The lowest BCUT2D eigenvalue weighted by molar-refractivity contribution is -0.385. The molecule has 2 aromatic rings. The predicted octanol–water partition coefficient (Wildman–Crippen LogP) is 3.15. The molecule has 1 heterocycles. The van der Waals surface area contributed by atoms with Gasteiger partial charge < -0.3 is 10.1 Å². The van der Waals surface area contributed by atoms with E-state index in [1.54, 1.807) is 18.2 Å². The number of nitro groups is 1. The summed E-state index contributed by atoms with van der Waals surface area (Å²) in [5.41, 5.74) is 2.58. The van der Waals surface area contributed by atoms with Gasteiger partial charge in [-0.3, -0.25) is 19.8 Å². The minimum atomic E-state index is -0.460. The fraction of sp³-hybridized carbons (Fsp3) is 0.318. The molecule has 3 rings (SSSR count). The Bertz CT molecular complexity index is 897. The third-order valence-electron chi connectivity index (χ3n) is 4.74. The fourth-order valence-corrected chi connectivity index (χ4v) is 3.34. The minimum Gasteiger partial charge on any atom is -0.376 e. The Labute approximate surface area is 170 Å². The van der Waals surface area contributed by atoms with Gasteiger partial charge in [0, 0.05) is 38.3 Å². The molecule has 2 aromatic carbocycles. The molecule has 1 saturated heterocycles. The molecule has 0 aliphatic carbocycles. The first-order valence-electron chi connectivity index (χ1n) is 9.62. The molecule has 1 fully saturated rings. The summed E-state index contributed by atoms with van der Waals surface area (Å²) in [6.45, 7) is 5.91. The van der Waals surface area contributed by atoms with Gasteiger partial charge in [-0.05, 0) is 30.2 Å². The molecule has 1 atom stereocenters. The monoisotopic (exact) mass is 395 g/mol. The summed E-state index contributed by atoms with van der Waals surface area (Å²) in [4.78, 5) is 25.1. The summed E-state index contributed by atoms with van der Waals surface area (Å²) in [6, 6.07) is 14.5. The van der Waals surface area contributed by atoms with Crippen molar-refractivity contribution in [1.82, 2.24) is 10.2 Å². The van der Waals surface area contributed by atoms with E-state index in [0.29, 0.717) is 12.1 Å². The molecule has 1 N–H and O–H groups in total. The Kier molecular flexibility index (Phi) is 7.10. The van der Waals surface area contributed by atoms with Crippen LogP contribution in [0.5, 0.6) is 0 Å². The van der Waals surface area contributed by atoms with Crippen molar-refractivity contribution in [3.05, 3.63) is 81.4 Å². The van der Waals surface area contributed by atoms with E-state index in [9.17, 15) is 14.9 Å². The van der Waals surface area contributed by atoms with Gasteiger partial charge >= 0.3 is 0 Å². The molecule has 1 aliphatic rings. The zero-order valence-electron chi connectivity index (χ0n) is 16.4. The van der Waals surface area contributed by atoms with Crippen molar-refractivity contribution in [1.29, 1.82) is 0 Å². The van der Waals surface area contributed by atoms with Gasteiger partial charge in [-0.2, -0.15) is 0 Å². The van der Waals surface area contributed by atoms with Gasteiger partial charge in [0.1, 0.15) is 0 Å². The average Bonchev–Trinajstić information content (AvgIpc) is 2.71. The van der Waals surface area contributed by atoms with Crippen LogP contribution >= 0.6 is 0 Å². The molecule has 1 unspecified atom stereocenters. The number of nitrogens with one attached hydrogen (secondary N) is 1. The molecule has 0 spiro atoms. The number of benzene rings is 2. The molecular weight excluding hydrogens is 370 g/mol. The highest BCUT2D eigenvalue weighted by Crippen LogP contribution is 2.18. The molecule has 0 saturated carbocycles. The number of carbonyl (C=O) groups excluding carboxylic acids is 1. The number of amides is 1. The maximum absolute atomic E-state index is 12.1. The van der Waals surface area contributed by atoms with Crippen molar-refractivity contribution < 1.29 is 14.5 Å². The molecule has 1 aliphatic heterocycles. The lowest BCUT2D eigenvalue weighted by Crippen LogP contribution is -2.40. The minimum absolute atomic E-state index is 0.0262. The molecule has 7 heteroatoms. The third-order valence-corrected chi connectivity index (χ3v) is 4.74. The Morgan fingerprint density at radius 3 is 2.86 bits per heavy atom. The normalized spacial score (nSPS) is 17.3. The first-order valence-corrected chi connectivity index (χ1v) is 9.62. The summed E-state index contributed by atoms with van der Waals surface area (Å²) in [5, 5.41) is 13.9. The van der Waals surface area contributed by atoms with Crippen LogP contribution in [0.25, 0.3) is 6.08 Å². The van der Waals surface area contributed by atoms with Crippen molar-refractivity contribution in [2.75, 3.05) is 19.7 Å². The zero-order chi connectivity index (χ0) is 20.6. The number of para-hydroxylation sites is 1. The van der Waals surface area contributed by atoms with E-state index in [-0.39, 0.29) is 17.7 Å². The Balaban J connectivity index is 1.54. The summed E-state index contributed by atoms with van der Waals surface area (Å²) in [7, 11) is 0. The van der Waals surface area contributed by atoms with E-state index in [1.165, 1.54) is 23.8 Å². The summed E-state index contributed by atoms with van der Waals surface area (Å²) >= 11 is 0. The average molecular weight is 395 g/mol. The Hall–Kier alpha value is -3.03. The zero-order valence-corrected chi connectivity index (χ0v) is 16.4. The largest absolute Gasteiger partial charge is 0.376 e. The quantitative estimate of drug-likeness (QED) is 0.442. The fourth-order valence-electron chi connectivity index (χ4n) is 3.34. The molecule has 0 bridgehead atoms. The van der Waals surface area contributed by atoms with Crippen LogP contribution in [0.3, 0.4) is 0 Å². The number of ether oxygens (including phenoxy) is 1. The second-order valence-electron chi connectivity index (χ2n) is 7.10. The summed E-state index contributed by atoms with van der Waals surface area (Å²) in [5.74, 6) is -0.296. The smallest absolute Gasteiger partial charge is 0.276 e. The molecule has 0 radical (unpaired) electrons. The first-order chi connectivity index (χ1) is 14.0. The topological polar surface area (TPSA) is 84.7 Å². The highest BCUT2D eigenvalue weighted by atomic mass is 16.6. The molecule has 0 aromatic heterocycles. The van der Waals surface area contributed by atoms with Crippen LogP contribution in [0.2, 0.25) is 0 Å². The number of rotatable bonds is 7. The van der Waals surface area contributed by atoms with Gasteiger partial charge in [0.05, 0.1) is 23.2 Å². The summed E-state index contributed by atoms with van der Waals surface area (Å²) in [6.07, 6.45) is 3.03. The SMILES string of the molecule is CC1CN(Cc2cccc(CNC(=O)/C=C/c3ccccc3[N+](=O)[O-])c2)CCO1. The van der Waals surface area contributed by atoms with Gasteiger partial charge in [0.2, 0.25) is 5.91 Å². The number of hydrogen-bond donors (Lipinski definition) is 1. The van der Waals surface area contributed by atoms with Crippen LogP contribution in [-0.4, -0.2) is 41.5 Å². The Morgan fingerprint density at radius 2 is 2.07 bits per heavy atom. The molecule has 152 valence electrons. The Morgan fingerprint density at radius 1 is 1.28 bits per heavy atom. The molecule has 1 amide bonds. The van der Waals surface area contributed by atoms with Crippen molar-refractivity contribution in [3.63, 3.8) is 0 Å². The molecular formula is C22H25N3O4. The van der Waals surface area contributed by atoms with Crippen LogP contribution in [0.4, 0.5) is 5.69 Å². The lowest BCUT2D eigenvalue weighted by atomic mass is 10.1. The number of hydrogen-bond acceptors (Lipinski definition) is 5. The molecule has 7 nitrogen and oxygen atoms in total. The summed E-state index contributed by atoms with van der Waals surface area (Å²) < 4.78 is 5.58. The van der Waals surface area contributed by atoms with Gasteiger partial charge in [0.15, 0.2) is 0 Å². The lowest BCUT2D eigenvalue weighted by Gasteiger charge is -2.31. The third kappa shape index (κ3) is 6.23. The van der Waals surface area contributed by atoms with Gasteiger partial charge in [-0.15, -0.1) is 0 Å². The maximum atomic E-state index is 12.1. The molecule has 29 heavy (non-hydrogen) atoms. The highest BCUT2D eigenvalue weighted by Gasteiger charge is 2.16. The first kappa shape index (κ1) is 20.7. The number of nitro benzene ring substituents is 1. The van der Waals surface area contributed by atoms with Crippen molar-refractivity contribution in [2.24, 2.45) is 0 Å². The van der Waals surface area contributed by atoms with Crippen LogP contribution in [0.1, 0.15) is 23.6 Å². The maximum Gasteiger partial charge on any atom is 0.276 e. The van der Waals surface area contributed by atoms with E-state index in [1.807, 2.05) is 12.1 Å². The second kappa shape index (κ2) is 9.95. The predicted molar refractivity (Wildman–Crippen MR) is 111 cm³/mol. The van der Waals surface area contributed by atoms with Crippen LogP contribution in [0.15, 0.2) is 54.6 Å². The van der Waals surface area contributed by atoms with E-state index < -0.39 is 4.92 Å². The van der Waals surface area contributed by atoms with Crippen molar-refractivity contribution >= 4 is 17.7 Å². The van der Waals surface area contributed by atoms with E-state index >= 15 is 0 Å².